The van der Waals surface area contributed by atoms with Crippen molar-refractivity contribution >= 4 is 0 Å². The molecule has 2 heteroatoms. The molecule has 1 saturated carbocycles. The van der Waals surface area contributed by atoms with Crippen molar-refractivity contribution in [3.63, 3.8) is 0 Å². The van der Waals surface area contributed by atoms with E-state index in [-0.39, 0.29) is 0 Å². The third-order valence-electron chi connectivity index (χ3n) is 3.86. The van der Waals surface area contributed by atoms with Gasteiger partial charge in [-0.3, -0.25) is 0 Å². The molecule has 1 aliphatic carbocycles. The van der Waals surface area contributed by atoms with Crippen LogP contribution in [0.15, 0.2) is 24.3 Å². The zero-order valence-corrected chi connectivity index (χ0v) is 11.9. The van der Waals surface area contributed by atoms with Gasteiger partial charge in [0.05, 0.1) is 0 Å². The van der Waals surface area contributed by atoms with Gasteiger partial charge in [0.1, 0.15) is 0 Å². The number of hydrogen-bond donors (Lipinski definition) is 1. The molecular weight excluding hydrogens is 220 g/mol. The molecular formula is C16H26N2. The van der Waals surface area contributed by atoms with E-state index < -0.39 is 0 Å². The summed E-state index contributed by atoms with van der Waals surface area (Å²) in [6.45, 7) is 4.62. The molecule has 0 bridgehead atoms. The van der Waals surface area contributed by atoms with Crippen molar-refractivity contribution < 1.29 is 0 Å². The van der Waals surface area contributed by atoms with Crippen LogP contribution in [0, 0.1) is 12.8 Å². The molecule has 2 rings (SSSR count). The van der Waals surface area contributed by atoms with E-state index in [4.69, 9.17) is 0 Å². The van der Waals surface area contributed by atoms with Crippen LogP contribution in [-0.4, -0.2) is 32.1 Å². The highest BCUT2D eigenvalue weighted by Gasteiger charge is 2.22. The summed E-state index contributed by atoms with van der Waals surface area (Å²) in [4.78, 5) is 2.48. The first kappa shape index (κ1) is 13.6. The predicted octanol–water partition coefficient (Wildman–Crippen LogP) is 2.99. The van der Waals surface area contributed by atoms with Gasteiger partial charge < -0.3 is 10.2 Å². The van der Waals surface area contributed by atoms with E-state index in [1.165, 1.54) is 43.5 Å². The Hall–Kier alpha value is -0.860. The van der Waals surface area contributed by atoms with Gasteiger partial charge >= 0.3 is 0 Å². The van der Waals surface area contributed by atoms with Gasteiger partial charge in [-0.2, -0.15) is 0 Å². The number of benzene rings is 1. The van der Waals surface area contributed by atoms with Crippen LogP contribution >= 0.6 is 0 Å². The molecule has 0 saturated heterocycles. The fourth-order valence-electron chi connectivity index (χ4n) is 2.55. The molecule has 0 heterocycles. The maximum Gasteiger partial charge on any atom is 0.0329 e. The number of rotatable bonds is 7. The first-order valence-corrected chi connectivity index (χ1v) is 7.11. The molecule has 0 aliphatic heterocycles. The van der Waals surface area contributed by atoms with Crippen LogP contribution in [0.25, 0.3) is 0 Å². The first-order chi connectivity index (χ1) is 8.69. The standard InChI is InChI=1S/C16H26N2/c1-13-5-4-6-15(11-13)16(17-2)9-10-18(3)12-14-7-8-14/h4-6,11,14,16-17H,7-10,12H2,1-3H3. The van der Waals surface area contributed by atoms with Gasteiger partial charge in [-0.25, -0.2) is 0 Å². The summed E-state index contributed by atoms with van der Waals surface area (Å²) in [6.07, 6.45) is 4.07. The topological polar surface area (TPSA) is 15.3 Å². The molecule has 0 aromatic heterocycles. The summed E-state index contributed by atoms with van der Waals surface area (Å²) in [5.74, 6) is 0.988. The Labute approximate surface area is 111 Å². The highest BCUT2D eigenvalue weighted by atomic mass is 15.1. The second-order valence-electron chi connectivity index (χ2n) is 5.75. The van der Waals surface area contributed by atoms with Crippen molar-refractivity contribution in [1.82, 2.24) is 10.2 Å². The quantitative estimate of drug-likeness (QED) is 0.795. The van der Waals surface area contributed by atoms with E-state index in [2.05, 4.69) is 55.5 Å². The van der Waals surface area contributed by atoms with E-state index in [0.29, 0.717) is 6.04 Å². The van der Waals surface area contributed by atoms with Crippen LogP contribution in [-0.2, 0) is 0 Å². The Bertz CT molecular complexity index is 371. The van der Waals surface area contributed by atoms with E-state index >= 15 is 0 Å². The summed E-state index contributed by atoms with van der Waals surface area (Å²) in [5.41, 5.74) is 2.76. The van der Waals surface area contributed by atoms with Crippen LogP contribution in [0.3, 0.4) is 0 Å². The van der Waals surface area contributed by atoms with Crippen molar-refractivity contribution in [2.24, 2.45) is 5.92 Å². The van der Waals surface area contributed by atoms with Crippen molar-refractivity contribution in [2.45, 2.75) is 32.2 Å². The molecule has 2 nitrogen and oxygen atoms in total. The van der Waals surface area contributed by atoms with Gasteiger partial charge in [0.2, 0.25) is 0 Å². The Kier molecular flexibility index (Phi) is 4.79. The van der Waals surface area contributed by atoms with E-state index in [1.807, 2.05) is 0 Å². The van der Waals surface area contributed by atoms with Crippen LogP contribution in [0.1, 0.15) is 36.4 Å². The highest BCUT2D eigenvalue weighted by molar-refractivity contribution is 5.25. The van der Waals surface area contributed by atoms with Gasteiger partial charge in [0.25, 0.3) is 0 Å². The van der Waals surface area contributed by atoms with Crippen molar-refractivity contribution in [3.05, 3.63) is 35.4 Å². The largest absolute Gasteiger partial charge is 0.313 e. The summed E-state index contributed by atoms with van der Waals surface area (Å²) < 4.78 is 0. The monoisotopic (exact) mass is 246 g/mol. The maximum atomic E-state index is 3.44. The van der Waals surface area contributed by atoms with Crippen LogP contribution in [0.5, 0.6) is 0 Å². The third-order valence-corrected chi connectivity index (χ3v) is 3.86. The second kappa shape index (κ2) is 6.35. The molecule has 100 valence electrons. The zero-order valence-electron chi connectivity index (χ0n) is 11.9. The van der Waals surface area contributed by atoms with E-state index in [9.17, 15) is 0 Å². The summed E-state index contributed by atoms with van der Waals surface area (Å²) in [5, 5.41) is 3.44. The number of nitrogens with one attached hydrogen (secondary N) is 1. The van der Waals surface area contributed by atoms with Crippen molar-refractivity contribution in [1.29, 1.82) is 0 Å². The van der Waals surface area contributed by atoms with Crippen LogP contribution < -0.4 is 5.32 Å². The van der Waals surface area contributed by atoms with Gasteiger partial charge in [-0.1, -0.05) is 29.8 Å². The summed E-state index contributed by atoms with van der Waals surface area (Å²) >= 11 is 0. The molecule has 0 amide bonds. The highest BCUT2D eigenvalue weighted by Crippen LogP contribution is 2.29. The van der Waals surface area contributed by atoms with Crippen molar-refractivity contribution in [3.8, 4) is 0 Å². The SMILES string of the molecule is CNC(CCN(C)CC1CC1)c1cccc(C)c1. The van der Waals surface area contributed by atoms with Gasteiger partial charge in [0.15, 0.2) is 0 Å². The minimum atomic E-state index is 0.478. The van der Waals surface area contributed by atoms with E-state index in [1.54, 1.807) is 0 Å². The molecule has 1 atom stereocenters. The Morgan fingerprint density at radius 1 is 1.39 bits per heavy atom. The Balaban J connectivity index is 1.84. The minimum Gasteiger partial charge on any atom is -0.313 e. The second-order valence-corrected chi connectivity index (χ2v) is 5.75. The molecule has 0 radical (unpaired) electrons. The fourth-order valence-corrected chi connectivity index (χ4v) is 2.55. The first-order valence-electron chi connectivity index (χ1n) is 7.11. The lowest BCUT2D eigenvalue weighted by Crippen LogP contribution is -2.27. The molecule has 1 unspecified atom stereocenters. The molecule has 1 aromatic carbocycles. The molecule has 0 spiro atoms. The summed E-state index contributed by atoms with van der Waals surface area (Å²) in [6, 6.07) is 9.32. The molecule has 1 aliphatic rings. The van der Waals surface area contributed by atoms with Crippen molar-refractivity contribution in [2.75, 3.05) is 27.2 Å². The molecule has 1 N–H and O–H groups in total. The fraction of sp³-hybridized carbons (Fsp3) is 0.625. The number of hydrogen-bond acceptors (Lipinski definition) is 2. The predicted molar refractivity (Wildman–Crippen MR) is 77.8 cm³/mol. The van der Waals surface area contributed by atoms with Gasteiger partial charge in [-0.15, -0.1) is 0 Å². The van der Waals surface area contributed by atoms with Crippen LogP contribution in [0.2, 0.25) is 0 Å². The lowest BCUT2D eigenvalue weighted by atomic mass is 10.0. The smallest absolute Gasteiger partial charge is 0.0329 e. The Morgan fingerprint density at radius 2 is 2.17 bits per heavy atom. The number of nitrogens with zero attached hydrogens (tertiary/aromatic N) is 1. The lowest BCUT2D eigenvalue weighted by molar-refractivity contribution is 0.299. The molecule has 1 aromatic rings. The Morgan fingerprint density at radius 3 is 2.78 bits per heavy atom. The lowest BCUT2D eigenvalue weighted by Gasteiger charge is -2.22. The normalized spacial score (nSPS) is 17.1. The molecule has 18 heavy (non-hydrogen) atoms. The summed E-state index contributed by atoms with van der Waals surface area (Å²) in [7, 11) is 4.31. The van der Waals surface area contributed by atoms with E-state index in [0.717, 1.165) is 5.92 Å². The third kappa shape index (κ3) is 4.11. The maximum absolute atomic E-state index is 3.44. The van der Waals surface area contributed by atoms with Gasteiger partial charge in [-0.05, 0) is 58.3 Å². The zero-order chi connectivity index (χ0) is 13.0. The van der Waals surface area contributed by atoms with Crippen LogP contribution in [0.4, 0.5) is 0 Å². The molecule has 1 fully saturated rings. The minimum absolute atomic E-state index is 0.478. The average Bonchev–Trinajstić information content (AvgIpc) is 3.14. The number of aryl methyl sites for hydroxylation is 1. The average molecular weight is 246 g/mol. The van der Waals surface area contributed by atoms with Gasteiger partial charge in [0, 0.05) is 12.6 Å².